The number of nitrogens with zero attached hydrogens (tertiary/aromatic N) is 1. The van der Waals surface area contributed by atoms with E-state index in [0.717, 1.165) is 6.42 Å². The lowest BCUT2D eigenvalue weighted by Gasteiger charge is -2.13. The molecule has 168 valence electrons. The second-order valence-corrected chi connectivity index (χ2v) is 9.87. The van der Waals surface area contributed by atoms with Crippen LogP contribution in [0.3, 0.4) is 0 Å². The van der Waals surface area contributed by atoms with Crippen LogP contribution in [0.4, 0.5) is 10.1 Å². The Labute approximate surface area is 194 Å². The molecular weight excluding hydrogens is 463 g/mol. The van der Waals surface area contributed by atoms with Crippen molar-refractivity contribution in [3.63, 3.8) is 0 Å². The third-order valence-electron chi connectivity index (χ3n) is 5.09. The van der Waals surface area contributed by atoms with Crippen LogP contribution < -0.4 is 14.2 Å². The van der Waals surface area contributed by atoms with Gasteiger partial charge < -0.3 is 9.47 Å². The molecular formula is C24H19FN2O4S2. The van der Waals surface area contributed by atoms with E-state index < -0.39 is 10.0 Å². The second-order valence-electron chi connectivity index (χ2n) is 7.33. The predicted molar refractivity (Wildman–Crippen MR) is 126 cm³/mol. The normalized spacial score (nSPS) is 13.4. The third-order valence-corrected chi connectivity index (χ3v) is 7.32. The maximum Gasteiger partial charge on any atom is 0.262 e. The molecule has 1 aliphatic rings. The van der Waals surface area contributed by atoms with Crippen LogP contribution in [0.15, 0.2) is 77.0 Å². The highest BCUT2D eigenvalue weighted by molar-refractivity contribution is 7.92. The number of sulfonamides is 1. The first kappa shape index (κ1) is 21.4. The summed E-state index contributed by atoms with van der Waals surface area (Å²) in [5.41, 5.74) is 1.92. The van der Waals surface area contributed by atoms with E-state index >= 15 is 0 Å². The van der Waals surface area contributed by atoms with Crippen molar-refractivity contribution in [3.8, 4) is 33.3 Å². The maximum atomic E-state index is 14.2. The summed E-state index contributed by atoms with van der Waals surface area (Å²) < 4.78 is 54.3. The Balaban J connectivity index is 1.47. The SMILES string of the molecule is O=S(=O)(Nc1ccccc1-c1csc(-c2ccccc2F)n1)c1ccc2c(c1)OCCCO2. The fourth-order valence-corrected chi connectivity index (χ4v) is 5.41. The number of hydrogen-bond donors (Lipinski definition) is 1. The Morgan fingerprint density at radius 1 is 0.909 bits per heavy atom. The van der Waals surface area contributed by atoms with Crippen molar-refractivity contribution in [2.45, 2.75) is 11.3 Å². The Kier molecular flexibility index (Phi) is 5.74. The van der Waals surface area contributed by atoms with Crippen LogP contribution in [0.25, 0.3) is 21.8 Å². The van der Waals surface area contributed by atoms with E-state index in [2.05, 4.69) is 9.71 Å². The van der Waals surface area contributed by atoms with E-state index in [0.29, 0.717) is 52.2 Å². The zero-order valence-corrected chi connectivity index (χ0v) is 19.0. The van der Waals surface area contributed by atoms with Gasteiger partial charge in [0.25, 0.3) is 10.0 Å². The Morgan fingerprint density at radius 2 is 1.64 bits per heavy atom. The van der Waals surface area contributed by atoms with Gasteiger partial charge in [-0.3, -0.25) is 4.72 Å². The summed E-state index contributed by atoms with van der Waals surface area (Å²) in [6.07, 6.45) is 0.727. The first-order valence-corrected chi connectivity index (χ1v) is 12.6. The average molecular weight is 483 g/mol. The Hall–Kier alpha value is -3.43. The van der Waals surface area contributed by atoms with Crippen LogP contribution >= 0.6 is 11.3 Å². The number of aromatic nitrogens is 1. The van der Waals surface area contributed by atoms with Crippen molar-refractivity contribution >= 4 is 27.0 Å². The number of rotatable bonds is 5. The minimum atomic E-state index is -3.91. The quantitative estimate of drug-likeness (QED) is 0.402. The summed E-state index contributed by atoms with van der Waals surface area (Å²) in [5, 5.41) is 2.30. The number of ether oxygens (including phenoxy) is 2. The van der Waals surface area contributed by atoms with Gasteiger partial charge in [-0.15, -0.1) is 11.3 Å². The molecule has 1 aromatic heterocycles. The highest BCUT2D eigenvalue weighted by Crippen LogP contribution is 2.36. The average Bonchev–Trinajstić information content (AvgIpc) is 3.17. The van der Waals surface area contributed by atoms with E-state index in [1.807, 2.05) is 0 Å². The highest BCUT2D eigenvalue weighted by Gasteiger charge is 2.21. The van der Waals surface area contributed by atoms with Gasteiger partial charge in [0, 0.05) is 29.0 Å². The summed E-state index contributed by atoms with van der Waals surface area (Å²) in [6, 6.07) is 17.9. The molecule has 5 rings (SSSR count). The third kappa shape index (κ3) is 4.42. The molecule has 0 saturated carbocycles. The fourth-order valence-electron chi connectivity index (χ4n) is 3.47. The number of benzene rings is 3. The van der Waals surface area contributed by atoms with Gasteiger partial charge in [-0.25, -0.2) is 17.8 Å². The summed E-state index contributed by atoms with van der Waals surface area (Å²) in [5.74, 6) is 0.564. The van der Waals surface area contributed by atoms with Crippen molar-refractivity contribution in [2.75, 3.05) is 17.9 Å². The molecule has 0 aliphatic carbocycles. The zero-order chi connectivity index (χ0) is 22.8. The summed E-state index contributed by atoms with van der Waals surface area (Å²) in [4.78, 5) is 4.61. The van der Waals surface area contributed by atoms with Gasteiger partial charge in [-0.1, -0.05) is 30.3 Å². The van der Waals surface area contributed by atoms with Gasteiger partial charge in [-0.2, -0.15) is 0 Å². The van der Waals surface area contributed by atoms with Gasteiger partial charge in [0.1, 0.15) is 10.8 Å². The summed E-state index contributed by atoms with van der Waals surface area (Å²) in [7, 11) is -3.91. The highest BCUT2D eigenvalue weighted by atomic mass is 32.2. The Bertz CT molecular complexity index is 1420. The number of fused-ring (bicyclic) bond motifs is 1. The molecule has 0 amide bonds. The molecule has 1 N–H and O–H groups in total. The summed E-state index contributed by atoms with van der Waals surface area (Å²) in [6.45, 7) is 0.980. The Morgan fingerprint density at radius 3 is 2.45 bits per heavy atom. The molecule has 1 aliphatic heterocycles. The van der Waals surface area contributed by atoms with Crippen LogP contribution in [0.1, 0.15) is 6.42 Å². The van der Waals surface area contributed by atoms with E-state index in [4.69, 9.17) is 9.47 Å². The van der Waals surface area contributed by atoms with Gasteiger partial charge in [0.2, 0.25) is 0 Å². The van der Waals surface area contributed by atoms with Crippen molar-refractivity contribution < 1.29 is 22.3 Å². The number of anilines is 1. The largest absolute Gasteiger partial charge is 0.490 e. The van der Waals surface area contributed by atoms with E-state index in [9.17, 15) is 12.8 Å². The molecule has 0 bridgehead atoms. The number of para-hydroxylation sites is 1. The van der Waals surface area contributed by atoms with E-state index in [1.165, 1.54) is 29.5 Å². The van der Waals surface area contributed by atoms with Crippen LogP contribution in [0.2, 0.25) is 0 Å². The monoisotopic (exact) mass is 482 g/mol. The molecule has 0 atom stereocenters. The van der Waals surface area contributed by atoms with Crippen LogP contribution in [-0.2, 0) is 10.0 Å². The smallest absolute Gasteiger partial charge is 0.262 e. The molecule has 0 radical (unpaired) electrons. The molecule has 3 aromatic carbocycles. The van der Waals surface area contributed by atoms with Crippen LogP contribution in [-0.4, -0.2) is 26.6 Å². The van der Waals surface area contributed by atoms with Gasteiger partial charge in [0.05, 0.1) is 29.5 Å². The van der Waals surface area contributed by atoms with Gasteiger partial charge in [0.15, 0.2) is 11.5 Å². The molecule has 9 heteroatoms. The molecule has 0 saturated heterocycles. The van der Waals surface area contributed by atoms with Crippen molar-refractivity contribution in [1.29, 1.82) is 0 Å². The predicted octanol–water partition coefficient (Wildman–Crippen LogP) is 5.58. The first-order chi connectivity index (χ1) is 16.0. The second kappa shape index (κ2) is 8.84. The number of hydrogen-bond acceptors (Lipinski definition) is 6. The lowest BCUT2D eigenvalue weighted by Crippen LogP contribution is -2.14. The molecule has 33 heavy (non-hydrogen) atoms. The van der Waals surface area contributed by atoms with E-state index in [-0.39, 0.29) is 10.7 Å². The maximum absolute atomic E-state index is 14.2. The number of thiazole rings is 1. The van der Waals surface area contributed by atoms with Crippen molar-refractivity contribution in [3.05, 3.63) is 77.9 Å². The topological polar surface area (TPSA) is 77.5 Å². The zero-order valence-electron chi connectivity index (χ0n) is 17.3. The molecule has 0 fully saturated rings. The molecule has 0 unspecified atom stereocenters. The van der Waals surface area contributed by atoms with E-state index in [1.54, 1.807) is 53.9 Å². The lowest BCUT2D eigenvalue weighted by molar-refractivity contribution is 0.297. The molecule has 4 aromatic rings. The first-order valence-electron chi connectivity index (χ1n) is 10.2. The van der Waals surface area contributed by atoms with Crippen LogP contribution in [0.5, 0.6) is 11.5 Å². The molecule has 2 heterocycles. The van der Waals surface area contributed by atoms with Crippen molar-refractivity contribution in [1.82, 2.24) is 4.98 Å². The molecule has 6 nitrogen and oxygen atoms in total. The minimum Gasteiger partial charge on any atom is -0.490 e. The standard InChI is InChI=1S/C24H19FN2O4S2/c25-19-8-3-1-6-17(19)24-26-21(15-32-24)18-7-2-4-9-20(18)27-33(28,29)16-10-11-22-23(14-16)31-13-5-12-30-22/h1-4,6-11,14-15,27H,5,12-13H2. The van der Waals surface area contributed by atoms with Gasteiger partial charge >= 0.3 is 0 Å². The number of halogens is 1. The number of nitrogens with one attached hydrogen (secondary N) is 1. The lowest BCUT2D eigenvalue weighted by atomic mass is 10.1. The summed E-state index contributed by atoms with van der Waals surface area (Å²) >= 11 is 1.29. The minimum absolute atomic E-state index is 0.0619. The van der Waals surface area contributed by atoms with Gasteiger partial charge in [-0.05, 0) is 30.3 Å². The van der Waals surface area contributed by atoms with Crippen molar-refractivity contribution in [2.24, 2.45) is 0 Å². The fraction of sp³-hybridized carbons (Fsp3) is 0.125. The molecule has 0 spiro atoms. The van der Waals surface area contributed by atoms with Crippen LogP contribution in [0, 0.1) is 5.82 Å².